The number of aromatic nitrogens is 1. The molecule has 6 heteroatoms. The number of aliphatic hydroxyl groups is 1. The molecule has 0 spiro atoms. The molecule has 24 heavy (non-hydrogen) atoms. The number of hydrogen-bond acceptors (Lipinski definition) is 5. The highest BCUT2D eigenvalue weighted by molar-refractivity contribution is 5.72. The van der Waals surface area contributed by atoms with Crippen molar-refractivity contribution in [3.63, 3.8) is 0 Å². The van der Waals surface area contributed by atoms with Crippen molar-refractivity contribution in [3.05, 3.63) is 59.7 Å². The van der Waals surface area contributed by atoms with Crippen LogP contribution in [-0.2, 0) is 13.1 Å². The molecule has 0 aliphatic carbocycles. The van der Waals surface area contributed by atoms with Crippen LogP contribution in [0.2, 0.25) is 0 Å². The highest BCUT2D eigenvalue weighted by Crippen LogP contribution is 2.22. The fourth-order valence-corrected chi connectivity index (χ4v) is 2.64. The molecule has 0 unspecified atom stereocenters. The lowest BCUT2D eigenvalue weighted by molar-refractivity contribution is 0.172. The summed E-state index contributed by atoms with van der Waals surface area (Å²) >= 11 is 0. The number of nitrogens with zero attached hydrogens (tertiary/aromatic N) is 2. The van der Waals surface area contributed by atoms with Crippen molar-refractivity contribution in [1.82, 2.24) is 9.88 Å². The topological polar surface area (TPSA) is 58.7 Å². The van der Waals surface area contributed by atoms with Crippen LogP contribution in [0.1, 0.15) is 11.5 Å². The molecule has 0 fully saturated rings. The Kier molecular flexibility index (Phi) is 5.08. The van der Waals surface area contributed by atoms with Gasteiger partial charge in [-0.15, -0.1) is 0 Å². The Bertz CT molecular complexity index is 819. The molecule has 3 rings (SSSR count). The second-order valence-corrected chi connectivity index (χ2v) is 5.47. The summed E-state index contributed by atoms with van der Waals surface area (Å²) < 4.78 is 24.2. The van der Waals surface area contributed by atoms with Crippen molar-refractivity contribution in [2.75, 3.05) is 20.3 Å². The summed E-state index contributed by atoms with van der Waals surface area (Å²) in [4.78, 5) is 6.37. The van der Waals surface area contributed by atoms with Crippen molar-refractivity contribution in [3.8, 4) is 5.75 Å². The lowest BCUT2D eigenvalue weighted by Gasteiger charge is -2.20. The largest absolute Gasteiger partial charge is 0.496 e. The number of para-hydroxylation sites is 1. The summed E-state index contributed by atoms with van der Waals surface area (Å²) in [5.74, 6) is 0.922. The first-order valence-electron chi connectivity index (χ1n) is 7.69. The maximum atomic E-state index is 13.3. The van der Waals surface area contributed by atoms with E-state index < -0.39 is 0 Å². The Labute approximate surface area is 139 Å². The van der Waals surface area contributed by atoms with Crippen LogP contribution in [0.25, 0.3) is 11.1 Å². The average Bonchev–Trinajstić information content (AvgIpc) is 2.97. The first kappa shape index (κ1) is 16.4. The summed E-state index contributed by atoms with van der Waals surface area (Å²) in [6.45, 7) is 1.47. The molecule has 3 aromatic rings. The second kappa shape index (κ2) is 7.42. The van der Waals surface area contributed by atoms with Crippen LogP contribution in [0.15, 0.2) is 46.9 Å². The number of aliphatic hydroxyl groups excluding tert-OH is 1. The van der Waals surface area contributed by atoms with E-state index in [-0.39, 0.29) is 12.4 Å². The Hall–Kier alpha value is -2.44. The van der Waals surface area contributed by atoms with Crippen molar-refractivity contribution in [2.24, 2.45) is 0 Å². The molecule has 2 aromatic carbocycles. The smallest absolute Gasteiger partial charge is 0.209 e. The van der Waals surface area contributed by atoms with Gasteiger partial charge in [-0.3, -0.25) is 4.90 Å². The Morgan fingerprint density at radius 2 is 2.04 bits per heavy atom. The minimum atomic E-state index is -0.355. The summed E-state index contributed by atoms with van der Waals surface area (Å²) in [5, 5.41) is 9.32. The zero-order chi connectivity index (χ0) is 16.9. The van der Waals surface area contributed by atoms with Crippen LogP contribution in [0.3, 0.4) is 0 Å². The molecule has 1 heterocycles. The van der Waals surface area contributed by atoms with E-state index in [4.69, 9.17) is 9.15 Å². The van der Waals surface area contributed by atoms with Gasteiger partial charge in [-0.2, -0.15) is 0 Å². The number of benzene rings is 2. The summed E-state index contributed by atoms with van der Waals surface area (Å²) in [5.41, 5.74) is 2.05. The van der Waals surface area contributed by atoms with Gasteiger partial charge in [0.2, 0.25) is 5.89 Å². The second-order valence-electron chi connectivity index (χ2n) is 5.47. The lowest BCUT2D eigenvalue weighted by Crippen LogP contribution is -2.26. The number of hydrogen-bond donors (Lipinski definition) is 1. The van der Waals surface area contributed by atoms with Crippen molar-refractivity contribution in [2.45, 2.75) is 13.1 Å². The van der Waals surface area contributed by atoms with Crippen LogP contribution in [0, 0.1) is 5.82 Å². The Morgan fingerprint density at radius 3 is 2.83 bits per heavy atom. The molecule has 0 aliphatic rings. The number of methoxy groups -OCH3 is 1. The Morgan fingerprint density at radius 1 is 1.21 bits per heavy atom. The van der Waals surface area contributed by atoms with Gasteiger partial charge in [0.15, 0.2) is 5.58 Å². The van der Waals surface area contributed by atoms with Gasteiger partial charge in [0.1, 0.15) is 17.1 Å². The van der Waals surface area contributed by atoms with Crippen LogP contribution >= 0.6 is 0 Å². The van der Waals surface area contributed by atoms with Gasteiger partial charge >= 0.3 is 0 Å². The van der Waals surface area contributed by atoms with E-state index in [0.717, 1.165) is 11.3 Å². The third kappa shape index (κ3) is 3.72. The van der Waals surface area contributed by atoms with Gasteiger partial charge in [0, 0.05) is 24.7 Å². The van der Waals surface area contributed by atoms with Crippen molar-refractivity contribution in [1.29, 1.82) is 0 Å². The predicted octanol–water partition coefficient (Wildman–Crippen LogP) is 2.97. The number of fused-ring (bicyclic) bond motifs is 1. The summed E-state index contributed by atoms with van der Waals surface area (Å²) in [6, 6.07) is 12.0. The predicted molar refractivity (Wildman–Crippen MR) is 88.2 cm³/mol. The highest BCUT2D eigenvalue weighted by Gasteiger charge is 2.14. The molecule has 0 radical (unpaired) electrons. The minimum Gasteiger partial charge on any atom is -0.496 e. The molecule has 1 aromatic heterocycles. The third-order valence-corrected chi connectivity index (χ3v) is 3.76. The zero-order valence-electron chi connectivity index (χ0n) is 13.4. The van der Waals surface area contributed by atoms with Crippen molar-refractivity contribution >= 4 is 11.1 Å². The van der Waals surface area contributed by atoms with Gasteiger partial charge in [-0.1, -0.05) is 18.2 Å². The molecule has 0 atom stereocenters. The third-order valence-electron chi connectivity index (χ3n) is 3.76. The minimum absolute atomic E-state index is 0.0179. The number of ether oxygens (including phenoxy) is 1. The standard InChI is InChI=1S/C18H19FN2O3/c1-23-16-5-3-2-4-13(16)11-21(8-9-22)12-18-20-15-7-6-14(19)10-17(15)24-18/h2-7,10,22H,8-9,11-12H2,1H3. The molecule has 0 saturated carbocycles. The van der Waals surface area contributed by atoms with E-state index in [1.165, 1.54) is 12.1 Å². The molecular weight excluding hydrogens is 311 g/mol. The number of rotatable bonds is 7. The van der Waals surface area contributed by atoms with Gasteiger partial charge in [-0.25, -0.2) is 9.37 Å². The van der Waals surface area contributed by atoms with E-state index in [1.54, 1.807) is 13.2 Å². The summed E-state index contributed by atoms with van der Waals surface area (Å²) in [7, 11) is 1.63. The van der Waals surface area contributed by atoms with Gasteiger partial charge in [0.25, 0.3) is 0 Å². The number of oxazole rings is 1. The van der Waals surface area contributed by atoms with Crippen LogP contribution in [0.5, 0.6) is 5.75 Å². The van der Waals surface area contributed by atoms with Crippen LogP contribution in [-0.4, -0.2) is 35.3 Å². The molecule has 1 N–H and O–H groups in total. The molecule has 126 valence electrons. The van der Waals surface area contributed by atoms with Gasteiger partial charge < -0.3 is 14.3 Å². The average molecular weight is 330 g/mol. The maximum Gasteiger partial charge on any atom is 0.209 e. The van der Waals surface area contributed by atoms with E-state index in [9.17, 15) is 9.50 Å². The fourth-order valence-electron chi connectivity index (χ4n) is 2.64. The highest BCUT2D eigenvalue weighted by atomic mass is 19.1. The molecule has 0 amide bonds. The summed E-state index contributed by atoms with van der Waals surface area (Å²) in [6.07, 6.45) is 0. The monoisotopic (exact) mass is 330 g/mol. The Balaban J connectivity index is 1.79. The zero-order valence-corrected chi connectivity index (χ0v) is 13.4. The molecule has 5 nitrogen and oxygen atoms in total. The van der Waals surface area contributed by atoms with Crippen LogP contribution in [0.4, 0.5) is 4.39 Å². The first-order valence-corrected chi connectivity index (χ1v) is 7.69. The lowest BCUT2D eigenvalue weighted by atomic mass is 10.2. The first-order chi connectivity index (χ1) is 11.7. The maximum absolute atomic E-state index is 13.3. The van der Waals surface area contributed by atoms with Gasteiger partial charge in [-0.05, 0) is 18.2 Å². The van der Waals surface area contributed by atoms with E-state index in [2.05, 4.69) is 4.98 Å². The SMILES string of the molecule is COc1ccccc1CN(CCO)Cc1nc2ccc(F)cc2o1. The molecular formula is C18H19FN2O3. The van der Waals surface area contributed by atoms with Crippen LogP contribution < -0.4 is 4.74 Å². The fraction of sp³-hybridized carbons (Fsp3) is 0.278. The normalized spacial score (nSPS) is 11.3. The van der Waals surface area contributed by atoms with Crippen molar-refractivity contribution < 1.29 is 18.7 Å². The molecule has 0 aliphatic heterocycles. The molecule has 0 bridgehead atoms. The van der Waals surface area contributed by atoms with Gasteiger partial charge in [0.05, 0.1) is 20.3 Å². The quantitative estimate of drug-likeness (QED) is 0.722. The van der Waals surface area contributed by atoms with E-state index in [0.29, 0.717) is 36.6 Å². The number of halogens is 1. The molecule has 0 saturated heterocycles. The van der Waals surface area contributed by atoms with E-state index in [1.807, 2.05) is 29.2 Å². The van der Waals surface area contributed by atoms with E-state index >= 15 is 0 Å².